The molecule has 3 saturated carbocycles. The Morgan fingerprint density at radius 2 is 1.65 bits per heavy atom. The monoisotopic (exact) mass is 434 g/mol. The average Bonchev–Trinajstić information content (AvgIpc) is 3.03. The van der Waals surface area contributed by atoms with Gasteiger partial charge in [0.2, 0.25) is 0 Å². The molecule has 0 saturated heterocycles. The molecule has 3 aliphatic carbocycles. The number of carbonyl (C=O) groups is 2. The Bertz CT molecular complexity index is 658. The molecule has 31 heavy (non-hydrogen) atoms. The number of hydrogen-bond acceptors (Lipinski definition) is 2. The van der Waals surface area contributed by atoms with Crippen LogP contribution in [0, 0.1) is 52.3 Å². The second-order valence-electron chi connectivity index (χ2n) is 12.3. The van der Waals surface area contributed by atoms with Crippen LogP contribution in [0.15, 0.2) is 0 Å². The van der Waals surface area contributed by atoms with E-state index in [0.29, 0.717) is 36.0 Å². The van der Waals surface area contributed by atoms with E-state index in [1.54, 1.807) is 0 Å². The Labute approximate surface area is 189 Å². The van der Waals surface area contributed by atoms with Crippen molar-refractivity contribution in [2.45, 2.75) is 105 Å². The number of rotatable bonds is 9. The first-order chi connectivity index (χ1) is 14.5. The molecule has 178 valence electrons. The van der Waals surface area contributed by atoms with Crippen LogP contribution in [-0.4, -0.2) is 22.2 Å². The van der Waals surface area contributed by atoms with Gasteiger partial charge in [0.05, 0.1) is 5.92 Å². The molecule has 4 nitrogen and oxygen atoms in total. The summed E-state index contributed by atoms with van der Waals surface area (Å²) in [5, 5.41) is 19.3. The minimum atomic E-state index is -0.802. The van der Waals surface area contributed by atoms with E-state index >= 15 is 0 Å². The molecule has 0 aromatic rings. The summed E-state index contributed by atoms with van der Waals surface area (Å²) < 4.78 is 0. The van der Waals surface area contributed by atoms with Gasteiger partial charge in [0.15, 0.2) is 0 Å². The molecule has 3 fully saturated rings. The van der Waals surface area contributed by atoms with Gasteiger partial charge in [-0.2, -0.15) is 0 Å². The zero-order valence-corrected chi connectivity index (χ0v) is 20.5. The fourth-order valence-electron chi connectivity index (χ4n) is 8.62. The van der Waals surface area contributed by atoms with Crippen LogP contribution in [0.2, 0.25) is 0 Å². The fraction of sp³-hybridized carbons (Fsp3) is 0.926. The normalized spacial score (nSPS) is 40.9. The number of aliphatic carboxylic acids is 2. The van der Waals surface area contributed by atoms with E-state index in [1.807, 2.05) is 0 Å². The molecule has 8 atom stereocenters. The smallest absolute Gasteiger partial charge is 0.307 e. The number of fused-ring (bicyclic) bond motifs is 3. The van der Waals surface area contributed by atoms with Gasteiger partial charge in [0, 0.05) is 6.42 Å². The van der Waals surface area contributed by atoms with Crippen LogP contribution >= 0.6 is 0 Å². The third-order valence-electron chi connectivity index (χ3n) is 10.2. The standard InChI is InChI=1S/C27H46O4/c1-17(2)7-6-8-18(3)20-11-12-21-19-9-10-23(25(30)31)27(5,16-14-24(28)29)22(19)13-15-26(20,21)4/h17-23H,6-16H2,1-5H3,(H,28,29)(H,30,31)/t18-,19+,20-,21+,22+,23-,26-,27-/m1/s1. The van der Waals surface area contributed by atoms with Gasteiger partial charge < -0.3 is 10.2 Å². The first-order valence-electron chi connectivity index (χ1n) is 12.9. The molecular weight excluding hydrogens is 388 g/mol. The van der Waals surface area contributed by atoms with Gasteiger partial charge in [0.1, 0.15) is 0 Å². The van der Waals surface area contributed by atoms with Crippen molar-refractivity contribution in [3.05, 3.63) is 0 Å². The summed E-state index contributed by atoms with van der Waals surface area (Å²) in [5.41, 5.74) is -0.0163. The Kier molecular flexibility index (Phi) is 7.48. The number of carboxylic acids is 2. The van der Waals surface area contributed by atoms with E-state index in [2.05, 4.69) is 34.6 Å². The average molecular weight is 435 g/mol. The Morgan fingerprint density at radius 1 is 0.935 bits per heavy atom. The summed E-state index contributed by atoms with van der Waals surface area (Å²) in [4.78, 5) is 23.5. The summed E-state index contributed by atoms with van der Waals surface area (Å²) in [6.45, 7) is 11.8. The minimum Gasteiger partial charge on any atom is -0.481 e. The maximum atomic E-state index is 12.1. The van der Waals surface area contributed by atoms with Crippen LogP contribution in [0.3, 0.4) is 0 Å². The maximum Gasteiger partial charge on any atom is 0.307 e. The summed E-state index contributed by atoms with van der Waals surface area (Å²) >= 11 is 0. The molecule has 3 rings (SSSR count). The topological polar surface area (TPSA) is 74.6 Å². The van der Waals surface area contributed by atoms with Crippen molar-refractivity contribution < 1.29 is 19.8 Å². The quantitative estimate of drug-likeness (QED) is 0.415. The van der Waals surface area contributed by atoms with Gasteiger partial charge in [-0.15, -0.1) is 0 Å². The first kappa shape index (κ1) is 24.6. The third kappa shape index (κ3) is 4.69. The lowest BCUT2D eigenvalue weighted by Crippen LogP contribution is -2.53. The molecular formula is C27H46O4. The second kappa shape index (κ2) is 9.43. The van der Waals surface area contributed by atoms with Crippen molar-refractivity contribution in [1.29, 1.82) is 0 Å². The van der Waals surface area contributed by atoms with E-state index in [9.17, 15) is 19.8 Å². The molecule has 0 radical (unpaired) electrons. The van der Waals surface area contributed by atoms with Gasteiger partial charge in [-0.25, -0.2) is 0 Å². The Balaban J connectivity index is 1.77. The van der Waals surface area contributed by atoms with Crippen LogP contribution < -0.4 is 0 Å². The predicted molar refractivity (Wildman–Crippen MR) is 124 cm³/mol. The van der Waals surface area contributed by atoms with Gasteiger partial charge in [0.25, 0.3) is 0 Å². The van der Waals surface area contributed by atoms with Crippen LogP contribution in [0.4, 0.5) is 0 Å². The van der Waals surface area contributed by atoms with Crippen LogP contribution in [0.5, 0.6) is 0 Å². The van der Waals surface area contributed by atoms with Crippen molar-refractivity contribution in [3.63, 3.8) is 0 Å². The highest BCUT2D eigenvalue weighted by Crippen LogP contribution is 2.67. The molecule has 0 unspecified atom stereocenters. The van der Waals surface area contributed by atoms with Crippen molar-refractivity contribution in [2.24, 2.45) is 52.3 Å². The van der Waals surface area contributed by atoms with Crippen molar-refractivity contribution in [2.75, 3.05) is 0 Å². The van der Waals surface area contributed by atoms with Gasteiger partial charge in [-0.05, 0) is 91.3 Å². The van der Waals surface area contributed by atoms with Crippen molar-refractivity contribution >= 4 is 11.9 Å². The molecule has 0 heterocycles. The first-order valence-corrected chi connectivity index (χ1v) is 12.9. The summed E-state index contributed by atoms with van der Waals surface area (Å²) in [6.07, 6.45) is 11.2. The third-order valence-corrected chi connectivity index (χ3v) is 10.2. The second-order valence-corrected chi connectivity index (χ2v) is 12.3. The predicted octanol–water partition coefficient (Wildman–Crippen LogP) is 6.87. The largest absolute Gasteiger partial charge is 0.481 e. The summed E-state index contributed by atoms with van der Waals surface area (Å²) in [6, 6.07) is 0. The molecule has 3 aliphatic rings. The van der Waals surface area contributed by atoms with Crippen LogP contribution in [0.1, 0.15) is 105 Å². The van der Waals surface area contributed by atoms with Crippen molar-refractivity contribution in [1.82, 2.24) is 0 Å². The zero-order valence-electron chi connectivity index (χ0n) is 20.5. The molecule has 0 aromatic carbocycles. The van der Waals surface area contributed by atoms with E-state index in [-0.39, 0.29) is 6.42 Å². The van der Waals surface area contributed by atoms with E-state index < -0.39 is 23.3 Å². The van der Waals surface area contributed by atoms with E-state index in [4.69, 9.17) is 0 Å². The highest BCUT2D eigenvalue weighted by atomic mass is 16.4. The molecule has 0 amide bonds. The molecule has 0 aromatic heterocycles. The van der Waals surface area contributed by atoms with Gasteiger partial charge >= 0.3 is 11.9 Å². The molecule has 2 N–H and O–H groups in total. The fourth-order valence-corrected chi connectivity index (χ4v) is 8.62. The minimum absolute atomic E-state index is 0.0843. The van der Waals surface area contributed by atoms with Crippen molar-refractivity contribution in [3.8, 4) is 0 Å². The lowest BCUT2D eigenvalue weighted by Gasteiger charge is -2.58. The zero-order chi connectivity index (χ0) is 23.0. The summed E-state index contributed by atoms with van der Waals surface area (Å²) in [7, 11) is 0. The van der Waals surface area contributed by atoms with Gasteiger partial charge in [-0.1, -0.05) is 53.9 Å². The Hall–Kier alpha value is -1.06. The van der Waals surface area contributed by atoms with Crippen LogP contribution in [0.25, 0.3) is 0 Å². The molecule has 4 heteroatoms. The van der Waals surface area contributed by atoms with Crippen LogP contribution in [-0.2, 0) is 9.59 Å². The molecule has 0 aliphatic heterocycles. The summed E-state index contributed by atoms with van der Waals surface area (Å²) in [5.74, 6) is 2.02. The lowest BCUT2D eigenvalue weighted by atomic mass is 9.46. The number of hydrogen-bond donors (Lipinski definition) is 2. The number of carboxylic acid groups (broad SMARTS) is 2. The van der Waals surface area contributed by atoms with E-state index in [0.717, 1.165) is 30.6 Å². The lowest BCUT2D eigenvalue weighted by molar-refractivity contribution is -0.162. The highest BCUT2D eigenvalue weighted by Gasteiger charge is 2.60. The van der Waals surface area contributed by atoms with Gasteiger partial charge in [-0.3, -0.25) is 9.59 Å². The maximum absolute atomic E-state index is 12.1. The highest BCUT2D eigenvalue weighted by molar-refractivity contribution is 5.72. The molecule has 0 bridgehead atoms. The molecule has 0 spiro atoms. The Morgan fingerprint density at radius 3 is 2.26 bits per heavy atom. The SMILES string of the molecule is CC(C)CCC[C@@H](C)[C@H]1CC[C@H]2[C@@H]3CC[C@H](C(=O)O)[C@](C)(CCC(=O)O)[C@H]3CC[C@]12C. The van der Waals surface area contributed by atoms with E-state index in [1.165, 1.54) is 38.5 Å².